The Kier molecular flexibility index (Phi) is 5.53. The molecule has 0 N–H and O–H groups in total. The van der Waals surface area contributed by atoms with E-state index in [0.29, 0.717) is 28.7 Å². The molecule has 0 spiro atoms. The van der Waals surface area contributed by atoms with E-state index in [9.17, 15) is 9.18 Å². The largest absolute Gasteiger partial charge is 0.492 e. The van der Waals surface area contributed by atoms with Gasteiger partial charge in [-0.3, -0.25) is 9.69 Å². The first-order valence-corrected chi connectivity index (χ1v) is 10.1. The second kappa shape index (κ2) is 8.41. The number of fused-ring (bicyclic) bond motifs is 1. The number of rotatable bonds is 6. The third kappa shape index (κ3) is 3.98. The fraction of sp³-hybridized carbons (Fsp3) is 0.130. The number of aromatic nitrogens is 1. The highest BCUT2D eigenvalue weighted by atomic mass is 32.1. The third-order valence-electron chi connectivity index (χ3n) is 4.43. The highest BCUT2D eigenvalue weighted by Crippen LogP contribution is 2.38. The van der Waals surface area contributed by atoms with Gasteiger partial charge in [0.2, 0.25) is 5.91 Å². The monoisotopic (exact) mass is 406 g/mol. The number of nitrogens with zero attached hydrogens (tertiary/aromatic N) is 2. The predicted molar refractivity (Wildman–Crippen MR) is 114 cm³/mol. The Labute approximate surface area is 172 Å². The molecular formula is C23H19FN2O2S. The van der Waals surface area contributed by atoms with Crippen LogP contribution in [-0.2, 0) is 11.2 Å². The van der Waals surface area contributed by atoms with E-state index in [-0.39, 0.29) is 12.3 Å². The summed E-state index contributed by atoms with van der Waals surface area (Å²) in [6, 6.07) is 21.4. The summed E-state index contributed by atoms with van der Waals surface area (Å²) in [5.74, 6) is -0.0966. The number of benzene rings is 3. The Hall–Kier alpha value is -3.25. The molecule has 1 aromatic heterocycles. The van der Waals surface area contributed by atoms with Gasteiger partial charge in [-0.1, -0.05) is 53.8 Å². The van der Waals surface area contributed by atoms with Crippen LogP contribution < -0.4 is 9.64 Å². The van der Waals surface area contributed by atoms with Crippen molar-refractivity contribution in [1.29, 1.82) is 0 Å². The van der Waals surface area contributed by atoms with E-state index in [1.807, 2.05) is 55.5 Å². The zero-order chi connectivity index (χ0) is 20.2. The lowest BCUT2D eigenvalue weighted by Gasteiger charge is -2.22. The molecule has 0 radical (unpaired) electrons. The summed E-state index contributed by atoms with van der Waals surface area (Å²) in [5, 5.41) is 0.527. The Balaban J connectivity index is 1.81. The van der Waals surface area contributed by atoms with E-state index in [4.69, 9.17) is 4.74 Å². The van der Waals surface area contributed by atoms with Gasteiger partial charge >= 0.3 is 0 Å². The number of carbonyl (C=O) groups is 1. The van der Waals surface area contributed by atoms with E-state index < -0.39 is 5.82 Å². The molecule has 29 heavy (non-hydrogen) atoms. The van der Waals surface area contributed by atoms with Crippen molar-refractivity contribution >= 4 is 38.3 Å². The van der Waals surface area contributed by atoms with Crippen LogP contribution in [0.25, 0.3) is 10.2 Å². The minimum absolute atomic E-state index is 0.0803. The summed E-state index contributed by atoms with van der Waals surface area (Å²) in [7, 11) is 0. The number of halogens is 1. The smallest absolute Gasteiger partial charge is 0.238 e. The molecule has 0 saturated heterocycles. The number of carbonyl (C=O) groups excluding carboxylic acids is 1. The molecule has 0 aliphatic heterocycles. The molecule has 0 aliphatic rings. The summed E-state index contributed by atoms with van der Waals surface area (Å²) in [4.78, 5) is 19.5. The summed E-state index contributed by atoms with van der Waals surface area (Å²) in [6.45, 7) is 2.35. The maximum atomic E-state index is 14.2. The lowest BCUT2D eigenvalue weighted by molar-refractivity contribution is -0.117. The number of ether oxygens (including phenoxy) is 1. The van der Waals surface area contributed by atoms with Crippen LogP contribution >= 0.6 is 11.3 Å². The fourth-order valence-electron chi connectivity index (χ4n) is 3.10. The zero-order valence-corrected chi connectivity index (χ0v) is 16.7. The number of hydrogen-bond donors (Lipinski definition) is 0. The van der Waals surface area contributed by atoms with Crippen molar-refractivity contribution in [3.05, 3.63) is 84.2 Å². The average molecular weight is 406 g/mol. The van der Waals surface area contributed by atoms with Gasteiger partial charge in [-0.15, -0.1) is 0 Å². The summed E-state index contributed by atoms with van der Waals surface area (Å²) >= 11 is 1.41. The van der Waals surface area contributed by atoms with Crippen molar-refractivity contribution < 1.29 is 13.9 Å². The second-order valence-corrected chi connectivity index (χ2v) is 7.37. The van der Waals surface area contributed by atoms with Crippen LogP contribution in [0.2, 0.25) is 0 Å². The van der Waals surface area contributed by atoms with Crippen molar-refractivity contribution in [2.45, 2.75) is 13.3 Å². The SMILES string of the molecule is CCOc1ccccc1N(C(=O)Cc1ccccc1F)c1nc2ccccc2s1. The number of para-hydroxylation sites is 3. The van der Waals surface area contributed by atoms with Crippen molar-refractivity contribution in [1.82, 2.24) is 4.98 Å². The third-order valence-corrected chi connectivity index (χ3v) is 5.45. The molecule has 0 aliphatic carbocycles. The molecule has 4 rings (SSSR count). The summed E-state index contributed by atoms with van der Waals surface area (Å²) in [5.41, 5.74) is 1.75. The molecular weight excluding hydrogens is 387 g/mol. The van der Waals surface area contributed by atoms with Gasteiger partial charge in [-0.25, -0.2) is 9.37 Å². The van der Waals surface area contributed by atoms with Gasteiger partial charge in [0.25, 0.3) is 0 Å². The van der Waals surface area contributed by atoms with Crippen LogP contribution in [0.15, 0.2) is 72.8 Å². The van der Waals surface area contributed by atoms with E-state index in [0.717, 1.165) is 10.2 Å². The topological polar surface area (TPSA) is 42.4 Å². The van der Waals surface area contributed by atoms with Crippen LogP contribution in [0.4, 0.5) is 15.2 Å². The van der Waals surface area contributed by atoms with Crippen LogP contribution in [0, 0.1) is 5.82 Å². The predicted octanol–water partition coefficient (Wildman–Crippen LogP) is 5.74. The van der Waals surface area contributed by atoms with Crippen molar-refractivity contribution in [2.75, 3.05) is 11.5 Å². The van der Waals surface area contributed by atoms with E-state index in [1.165, 1.54) is 22.3 Å². The molecule has 1 heterocycles. The Morgan fingerprint density at radius 1 is 1.03 bits per heavy atom. The Bertz CT molecular complexity index is 1130. The number of thiazole rings is 1. The average Bonchev–Trinajstić information content (AvgIpc) is 3.15. The minimum Gasteiger partial charge on any atom is -0.492 e. The molecule has 0 atom stereocenters. The van der Waals surface area contributed by atoms with Gasteiger partial charge in [0.15, 0.2) is 5.13 Å². The first-order valence-electron chi connectivity index (χ1n) is 9.31. The Morgan fingerprint density at radius 2 is 1.76 bits per heavy atom. The summed E-state index contributed by atoms with van der Waals surface area (Å²) in [6.07, 6.45) is -0.0803. The van der Waals surface area contributed by atoms with E-state index >= 15 is 0 Å². The van der Waals surface area contributed by atoms with Gasteiger partial charge in [0.1, 0.15) is 11.6 Å². The molecule has 0 saturated carbocycles. The van der Waals surface area contributed by atoms with Gasteiger partial charge in [-0.05, 0) is 42.8 Å². The van der Waals surface area contributed by atoms with Crippen LogP contribution in [0.5, 0.6) is 5.75 Å². The maximum Gasteiger partial charge on any atom is 0.238 e. The normalized spacial score (nSPS) is 10.8. The fourth-order valence-corrected chi connectivity index (χ4v) is 4.10. The lowest BCUT2D eigenvalue weighted by atomic mass is 10.1. The van der Waals surface area contributed by atoms with Crippen molar-refractivity contribution in [3.8, 4) is 5.75 Å². The van der Waals surface area contributed by atoms with Crippen LogP contribution in [0.3, 0.4) is 0 Å². The van der Waals surface area contributed by atoms with Gasteiger partial charge in [-0.2, -0.15) is 0 Å². The Morgan fingerprint density at radius 3 is 2.55 bits per heavy atom. The molecule has 146 valence electrons. The molecule has 3 aromatic carbocycles. The lowest BCUT2D eigenvalue weighted by Crippen LogP contribution is -2.28. The van der Waals surface area contributed by atoms with Gasteiger partial charge < -0.3 is 4.74 Å². The molecule has 0 unspecified atom stereocenters. The highest BCUT2D eigenvalue weighted by molar-refractivity contribution is 7.22. The molecule has 1 amide bonds. The standard InChI is InChI=1S/C23H19FN2O2S/c1-2-28-20-13-7-6-12-19(20)26(22(27)15-16-9-3-4-10-17(16)24)23-25-18-11-5-8-14-21(18)29-23/h3-14H,2,15H2,1H3. The first kappa shape index (κ1) is 19.1. The van der Waals surface area contributed by atoms with Gasteiger partial charge in [0.05, 0.1) is 28.9 Å². The number of amides is 1. The van der Waals surface area contributed by atoms with Gasteiger partial charge in [0, 0.05) is 0 Å². The van der Waals surface area contributed by atoms with Crippen LogP contribution in [-0.4, -0.2) is 17.5 Å². The maximum absolute atomic E-state index is 14.2. The molecule has 0 fully saturated rings. The molecule has 4 aromatic rings. The van der Waals surface area contributed by atoms with Crippen LogP contribution in [0.1, 0.15) is 12.5 Å². The number of anilines is 2. The first-order chi connectivity index (χ1) is 14.2. The van der Waals surface area contributed by atoms with E-state index in [1.54, 1.807) is 18.2 Å². The quantitative estimate of drug-likeness (QED) is 0.410. The molecule has 4 nitrogen and oxygen atoms in total. The highest BCUT2D eigenvalue weighted by Gasteiger charge is 2.25. The van der Waals surface area contributed by atoms with E-state index in [2.05, 4.69) is 4.98 Å². The van der Waals surface area contributed by atoms with Crippen molar-refractivity contribution in [3.63, 3.8) is 0 Å². The summed E-state index contributed by atoms with van der Waals surface area (Å²) < 4.78 is 20.9. The molecule has 0 bridgehead atoms. The second-order valence-electron chi connectivity index (χ2n) is 6.36. The zero-order valence-electron chi connectivity index (χ0n) is 15.8. The number of hydrogen-bond acceptors (Lipinski definition) is 4. The molecule has 6 heteroatoms. The minimum atomic E-state index is -0.400. The van der Waals surface area contributed by atoms with Crippen molar-refractivity contribution in [2.24, 2.45) is 0 Å².